The summed E-state index contributed by atoms with van der Waals surface area (Å²) < 4.78 is 0. The molecule has 5 heteroatoms. The van der Waals surface area contributed by atoms with Crippen molar-refractivity contribution >= 4 is 5.91 Å². The van der Waals surface area contributed by atoms with Crippen LogP contribution in [0.2, 0.25) is 0 Å². The van der Waals surface area contributed by atoms with E-state index in [-0.39, 0.29) is 22.9 Å². The summed E-state index contributed by atoms with van der Waals surface area (Å²) in [5, 5.41) is 3.09. The molecule has 0 unspecified atom stereocenters. The van der Waals surface area contributed by atoms with Crippen LogP contribution in [0.15, 0.2) is 41.2 Å². The van der Waals surface area contributed by atoms with E-state index in [1.807, 2.05) is 51.1 Å². The molecule has 0 fully saturated rings. The van der Waals surface area contributed by atoms with Crippen molar-refractivity contribution in [2.75, 3.05) is 0 Å². The van der Waals surface area contributed by atoms with E-state index >= 15 is 0 Å². The molecule has 0 spiro atoms. The Balaban J connectivity index is 2.23. The number of nitrogens with one attached hydrogen (secondary N) is 2. The van der Waals surface area contributed by atoms with E-state index < -0.39 is 0 Å². The summed E-state index contributed by atoms with van der Waals surface area (Å²) in [4.78, 5) is 31.0. The van der Waals surface area contributed by atoms with Crippen LogP contribution < -0.4 is 10.9 Å². The predicted octanol–water partition coefficient (Wildman–Crippen LogP) is 2.91. The monoisotopic (exact) mass is 327 g/mol. The third-order valence-electron chi connectivity index (χ3n) is 3.55. The van der Waals surface area contributed by atoms with Crippen LogP contribution in [-0.2, 0) is 11.2 Å². The molecule has 0 aliphatic rings. The van der Waals surface area contributed by atoms with Gasteiger partial charge in [-0.25, -0.2) is 4.98 Å². The van der Waals surface area contributed by atoms with E-state index in [0.29, 0.717) is 24.4 Å². The van der Waals surface area contributed by atoms with Crippen molar-refractivity contribution in [3.05, 3.63) is 63.8 Å². The molecule has 1 amide bonds. The highest BCUT2D eigenvalue weighted by Crippen LogP contribution is 2.21. The lowest BCUT2D eigenvalue weighted by Gasteiger charge is -2.23. The average molecular weight is 327 g/mol. The van der Waals surface area contributed by atoms with Gasteiger partial charge in [-0.05, 0) is 17.9 Å². The molecule has 5 nitrogen and oxygen atoms in total. The Kier molecular flexibility index (Phi) is 5.54. The maximum Gasteiger partial charge on any atom is 0.251 e. The van der Waals surface area contributed by atoms with Crippen LogP contribution in [0.25, 0.3) is 0 Å². The first-order chi connectivity index (χ1) is 11.2. The van der Waals surface area contributed by atoms with Gasteiger partial charge in [0.25, 0.3) is 5.56 Å². The molecule has 0 aliphatic heterocycles. The second-order valence-corrected chi connectivity index (χ2v) is 7.29. The highest BCUT2D eigenvalue weighted by molar-refractivity contribution is 5.77. The molecule has 1 aromatic carbocycles. The molecule has 0 radical (unpaired) electrons. The summed E-state index contributed by atoms with van der Waals surface area (Å²) in [5.74, 6) is 0.572. The van der Waals surface area contributed by atoms with E-state index in [2.05, 4.69) is 15.3 Å². The van der Waals surface area contributed by atoms with Crippen molar-refractivity contribution in [1.29, 1.82) is 0 Å². The number of carbonyl (C=O) groups excluding carboxylic acids is 1. The number of benzene rings is 1. The molecular weight excluding hydrogens is 302 g/mol. The summed E-state index contributed by atoms with van der Waals surface area (Å²) >= 11 is 0. The average Bonchev–Trinajstić information content (AvgIpc) is 2.44. The standard InChI is InChI=1S/C19H25N3O2/c1-13-20-15(11-17(23)21-13)10-16(14-8-6-5-7-9-14)22-18(24)12-19(2,3)4/h5-9,11,16H,10,12H2,1-4H3,(H,22,24)(H,20,21,23)/t16-/m0/s1. The van der Waals surface area contributed by atoms with Gasteiger partial charge in [-0.2, -0.15) is 0 Å². The van der Waals surface area contributed by atoms with Gasteiger partial charge < -0.3 is 10.3 Å². The smallest absolute Gasteiger partial charge is 0.251 e. The van der Waals surface area contributed by atoms with Gasteiger partial charge in [0.2, 0.25) is 5.91 Å². The number of aryl methyl sites for hydroxylation is 1. The number of nitrogens with zero attached hydrogens (tertiary/aromatic N) is 1. The Morgan fingerprint density at radius 2 is 1.92 bits per heavy atom. The van der Waals surface area contributed by atoms with Crippen molar-refractivity contribution in [2.45, 2.75) is 46.6 Å². The summed E-state index contributed by atoms with van der Waals surface area (Å²) in [5.41, 5.74) is 1.41. The Morgan fingerprint density at radius 1 is 1.25 bits per heavy atom. The zero-order valence-corrected chi connectivity index (χ0v) is 14.7. The second kappa shape index (κ2) is 7.43. The lowest BCUT2D eigenvalue weighted by molar-refractivity contribution is -0.123. The number of amides is 1. The molecule has 1 heterocycles. The predicted molar refractivity (Wildman–Crippen MR) is 94.7 cm³/mol. The van der Waals surface area contributed by atoms with Crippen LogP contribution >= 0.6 is 0 Å². The van der Waals surface area contributed by atoms with Gasteiger partial charge >= 0.3 is 0 Å². The SMILES string of the molecule is Cc1nc(C[C@H](NC(=O)CC(C)(C)C)c2ccccc2)cc(=O)[nH]1. The van der Waals surface area contributed by atoms with Crippen molar-refractivity contribution in [2.24, 2.45) is 5.41 Å². The molecule has 0 aliphatic carbocycles. The van der Waals surface area contributed by atoms with E-state index in [9.17, 15) is 9.59 Å². The quantitative estimate of drug-likeness (QED) is 0.886. The lowest BCUT2D eigenvalue weighted by Crippen LogP contribution is -2.33. The highest BCUT2D eigenvalue weighted by Gasteiger charge is 2.20. The van der Waals surface area contributed by atoms with Crippen molar-refractivity contribution in [3.63, 3.8) is 0 Å². The minimum absolute atomic E-state index is 0.00193. The molecule has 128 valence electrons. The Morgan fingerprint density at radius 3 is 2.50 bits per heavy atom. The highest BCUT2D eigenvalue weighted by atomic mass is 16.1. The summed E-state index contributed by atoms with van der Waals surface area (Å²) in [7, 11) is 0. The van der Waals surface area contributed by atoms with Gasteiger partial charge in [-0.15, -0.1) is 0 Å². The molecule has 24 heavy (non-hydrogen) atoms. The van der Waals surface area contributed by atoms with Crippen molar-refractivity contribution < 1.29 is 4.79 Å². The van der Waals surface area contributed by atoms with Gasteiger partial charge in [0, 0.05) is 18.9 Å². The first-order valence-corrected chi connectivity index (χ1v) is 8.14. The molecule has 1 aromatic heterocycles. The van der Waals surface area contributed by atoms with Gasteiger partial charge in [0.1, 0.15) is 5.82 Å². The van der Waals surface area contributed by atoms with Gasteiger partial charge in [-0.3, -0.25) is 9.59 Å². The zero-order valence-electron chi connectivity index (χ0n) is 14.7. The van der Waals surface area contributed by atoms with Crippen LogP contribution in [-0.4, -0.2) is 15.9 Å². The fourth-order valence-corrected chi connectivity index (χ4v) is 2.62. The molecular formula is C19H25N3O2. The Hall–Kier alpha value is -2.43. The summed E-state index contributed by atoms with van der Waals surface area (Å²) in [6.07, 6.45) is 0.919. The maximum atomic E-state index is 12.4. The number of hydrogen-bond donors (Lipinski definition) is 2. The summed E-state index contributed by atoms with van der Waals surface area (Å²) in [6.45, 7) is 7.85. The van der Waals surface area contributed by atoms with Crippen LogP contribution in [0, 0.1) is 12.3 Å². The fraction of sp³-hybridized carbons (Fsp3) is 0.421. The van der Waals surface area contributed by atoms with E-state index in [0.717, 1.165) is 5.56 Å². The van der Waals surface area contributed by atoms with Gasteiger partial charge in [0.15, 0.2) is 0 Å². The Bertz CT molecular complexity index is 745. The van der Waals surface area contributed by atoms with Crippen LogP contribution in [0.3, 0.4) is 0 Å². The van der Waals surface area contributed by atoms with E-state index in [4.69, 9.17) is 0 Å². The molecule has 0 saturated heterocycles. The number of aromatic amines is 1. The molecule has 0 saturated carbocycles. The summed E-state index contributed by atoms with van der Waals surface area (Å²) in [6, 6.07) is 11.0. The maximum absolute atomic E-state index is 12.4. The number of aromatic nitrogens is 2. The minimum atomic E-state index is -0.213. The zero-order chi connectivity index (χ0) is 17.7. The first kappa shape index (κ1) is 17.9. The molecule has 2 N–H and O–H groups in total. The Labute approximate surface area is 142 Å². The van der Waals surface area contributed by atoms with Crippen molar-refractivity contribution in [3.8, 4) is 0 Å². The van der Waals surface area contributed by atoms with Gasteiger partial charge in [-0.1, -0.05) is 51.1 Å². The fourth-order valence-electron chi connectivity index (χ4n) is 2.62. The van der Waals surface area contributed by atoms with Crippen LogP contribution in [0.4, 0.5) is 0 Å². The number of carbonyl (C=O) groups is 1. The number of rotatable bonds is 5. The largest absolute Gasteiger partial charge is 0.349 e. The van der Waals surface area contributed by atoms with Crippen LogP contribution in [0.5, 0.6) is 0 Å². The second-order valence-electron chi connectivity index (χ2n) is 7.29. The van der Waals surface area contributed by atoms with Gasteiger partial charge in [0.05, 0.1) is 11.7 Å². The molecule has 2 rings (SSSR count). The molecule has 1 atom stereocenters. The normalized spacial score (nSPS) is 12.7. The minimum Gasteiger partial charge on any atom is -0.349 e. The third kappa shape index (κ3) is 5.65. The third-order valence-corrected chi connectivity index (χ3v) is 3.55. The topological polar surface area (TPSA) is 74.8 Å². The number of H-pyrrole nitrogens is 1. The molecule has 0 bridgehead atoms. The van der Waals surface area contributed by atoms with E-state index in [1.165, 1.54) is 6.07 Å². The van der Waals surface area contributed by atoms with E-state index in [1.54, 1.807) is 6.92 Å². The van der Waals surface area contributed by atoms with Crippen LogP contribution in [0.1, 0.15) is 50.3 Å². The van der Waals surface area contributed by atoms with Crippen molar-refractivity contribution in [1.82, 2.24) is 15.3 Å². The number of hydrogen-bond acceptors (Lipinski definition) is 3. The lowest BCUT2D eigenvalue weighted by atomic mass is 9.91. The molecule has 2 aromatic rings. The first-order valence-electron chi connectivity index (χ1n) is 8.14.